The molecule has 0 aliphatic carbocycles. The van der Waals surface area contributed by atoms with Crippen molar-refractivity contribution in [1.29, 1.82) is 0 Å². The Bertz CT molecular complexity index is 2350. The van der Waals surface area contributed by atoms with Crippen LogP contribution in [0, 0.1) is 5.92 Å². The molecule has 34 nitrogen and oxygen atoms in total. The number of primary amides is 2. The fourth-order valence-corrected chi connectivity index (χ4v) is 7.56. The van der Waals surface area contributed by atoms with Crippen LogP contribution < -0.4 is 71.2 Å². The Hall–Kier alpha value is -8.53. The molecule has 1 aliphatic rings. The third-order valence-corrected chi connectivity index (χ3v) is 11.7. The molecule has 34 heteroatoms. The van der Waals surface area contributed by atoms with Crippen LogP contribution in [0.15, 0.2) is 17.5 Å². The minimum absolute atomic E-state index is 0.00339. The lowest BCUT2D eigenvalue weighted by atomic mass is 10.0. The molecule has 11 amide bonds. The second-order valence-corrected chi connectivity index (χ2v) is 18.3. The molecule has 0 aromatic carbocycles. The molecule has 434 valence electrons. The molecule has 0 bridgehead atoms. The molecule has 10 atom stereocenters. The first-order valence-electron chi connectivity index (χ1n) is 24.3. The Morgan fingerprint density at radius 3 is 1.79 bits per heavy atom. The number of imidazole rings is 1. The Labute approximate surface area is 445 Å². The zero-order valence-electron chi connectivity index (χ0n) is 43.0. The number of hydrogen-bond donors (Lipinski definition) is 18. The molecule has 78 heavy (non-hydrogen) atoms. The number of likely N-dealkylation sites (tertiary alicyclic amines) is 1. The topological polar surface area (TPSA) is 573 Å². The zero-order chi connectivity index (χ0) is 59.0. The lowest BCUT2D eigenvalue weighted by Gasteiger charge is -2.30. The van der Waals surface area contributed by atoms with E-state index in [1.54, 1.807) is 0 Å². The Balaban J connectivity index is 2.26. The van der Waals surface area contributed by atoms with Gasteiger partial charge in [-0.05, 0) is 44.9 Å². The number of nitrogens with zero attached hydrogens (tertiary/aromatic N) is 3. The van der Waals surface area contributed by atoms with Crippen molar-refractivity contribution in [2.75, 3.05) is 26.3 Å². The number of carbonyl (C=O) groups excluding carboxylic acids is 11. The highest BCUT2D eigenvalue weighted by Gasteiger charge is 2.40. The lowest BCUT2D eigenvalue weighted by Crippen LogP contribution is -2.62. The van der Waals surface area contributed by atoms with Crippen LogP contribution in [0.4, 0.5) is 0 Å². The number of aliphatic hydroxyl groups is 2. The first-order valence-corrected chi connectivity index (χ1v) is 24.3. The molecule has 23 N–H and O–H groups in total. The van der Waals surface area contributed by atoms with E-state index in [4.69, 9.17) is 33.8 Å². The van der Waals surface area contributed by atoms with Crippen LogP contribution in [0.5, 0.6) is 0 Å². The quantitative estimate of drug-likeness (QED) is 0.0173. The van der Waals surface area contributed by atoms with Gasteiger partial charge in [0.15, 0.2) is 5.96 Å². The summed E-state index contributed by atoms with van der Waals surface area (Å²) in [7, 11) is 0. The summed E-state index contributed by atoms with van der Waals surface area (Å²) in [6, 6.07) is -15.8. The van der Waals surface area contributed by atoms with Crippen LogP contribution in [-0.4, -0.2) is 205 Å². The highest BCUT2D eigenvalue weighted by Crippen LogP contribution is 2.19. The molecule has 0 radical (unpaired) electrons. The number of carbonyl (C=O) groups is 13. The van der Waals surface area contributed by atoms with E-state index in [2.05, 4.69) is 52.2 Å². The number of nitrogens with one attached hydrogen (secondary N) is 9. The molecular weight excluding hydrogens is 1040 g/mol. The van der Waals surface area contributed by atoms with E-state index in [0.717, 1.165) is 4.90 Å². The predicted molar refractivity (Wildman–Crippen MR) is 267 cm³/mol. The van der Waals surface area contributed by atoms with Crippen molar-refractivity contribution in [3.8, 4) is 0 Å². The Morgan fingerprint density at radius 2 is 1.24 bits per heavy atom. The Kier molecular flexibility index (Phi) is 27.0. The maximum Gasteiger partial charge on any atom is 0.326 e. The van der Waals surface area contributed by atoms with Crippen LogP contribution in [0.25, 0.3) is 0 Å². The number of nitrogens with two attached hydrogens (primary N) is 5. The van der Waals surface area contributed by atoms with Gasteiger partial charge in [0.2, 0.25) is 65.0 Å². The van der Waals surface area contributed by atoms with Crippen LogP contribution >= 0.6 is 0 Å². The van der Waals surface area contributed by atoms with Gasteiger partial charge < -0.3 is 102 Å². The van der Waals surface area contributed by atoms with Crippen LogP contribution in [0.2, 0.25) is 0 Å². The molecule has 2 rings (SSSR count). The number of aromatic amines is 1. The SMILES string of the molecule is CC(C)[C@H](NC(=O)[C@H](CO)NC(=O)[C@H](CC(N)=O)NC(=O)[C@@H]1CCCN1C(=O)[C@H](C)NC(=O)[C@H](CCCN=C(N)N)NC(=O)[C@@H](N)CO)C(=O)N[C@@H](CCC(N)=O)C(=O)N[C@@H](Cc1cnc[nH]1)C(=O)N[C@@H](CC(=O)O)C(=O)O. The number of H-pyrrole nitrogens is 1. The summed E-state index contributed by atoms with van der Waals surface area (Å²) in [5.41, 5.74) is 27.2. The van der Waals surface area contributed by atoms with Gasteiger partial charge >= 0.3 is 11.9 Å². The number of carboxylic acids is 2. The summed E-state index contributed by atoms with van der Waals surface area (Å²) in [6.45, 7) is 2.41. The number of rotatable bonds is 34. The zero-order valence-corrected chi connectivity index (χ0v) is 43.0. The number of hydrogen-bond acceptors (Lipinski definition) is 18. The van der Waals surface area contributed by atoms with Crippen molar-refractivity contribution in [2.45, 2.75) is 139 Å². The van der Waals surface area contributed by atoms with E-state index in [1.165, 1.54) is 33.3 Å². The van der Waals surface area contributed by atoms with E-state index < -0.39 is 182 Å². The van der Waals surface area contributed by atoms with Gasteiger partial charge in [0.05, 0.1) is 32.4 Å². The van der Waals surface area contributed by atoms with Gasteiger partial charge in [-0.3, -0.25) is 62.5 Å². The Morgan fingerprint density at radius 1 is 0.679 bits per heavy atom. The maximum atomic E-state index is 13.9. The molecule has 1 aromatic rings. The number of aliphatic imine (C=N–C) groups is 1. The van der Waals surface area contributed by atoms with Crippen molar-refractivity contribution >= 4 is 82.9 Å². The summed E-state index contributed by atoms with van der Waals surface area (Å²) >= 11 is 0. The fraction of sp³-hybridized carbons (Fsp3) is 0.614. The molecular formula is C44H71N17O17. The van der Waals surface area contributed by atoms with Crippen LogP contribution in [-0.2, 0) is 68.7 Å². The minimum atomic E-state index is -1.93. The monoisotopic (exact) mass is 1110 g/mol. The van der Waals surface area contributed by atoms with Crippen molar-refractivity contribution in [3.05, 3.63) is 18.2 Å². The van der Waals surface area contributed by atoms with Gasteiger partial charge in [-0.15, -0.1) is 0 Å². The fourth-order valence-electron chi connectivity index (χ4n) is 7.56. The highest BCUT2D eigenvalue weighted by molar-refractivity contribution is 6.00. The normalized spacial score (nSPS) is 16.4. The van der Waals surface area contributed by atoms with Gasteiger partial charge in [0.25, 0.3) is 0 Å². The molecule has 1 saturated heterocycles. The molecule has 2 heterocycles. The molecule has 0 spiro atoms. The average Bonchev–Trinajstić information content (AvgIpc) is 4.08. The van der Waals surface area contributed by atoms with Crippen molar-refractivity contribution in [2.24, 2.45) is 39.6 Å². The minimum Gasteiger partial charge on any atom is -0.481 e. The van der Waals surface area contributed by atoms with E-state index in [1.807, 2.05) is 5.32 Å². The van der Waals surface area contributed by atoms with Crippen LogP contribution in [0.3, 0.4) is 0 Å². The molecule has 1 aromatic heterocycles. The smallest absolute Gasteiger partial charge is 0.326 e. The summed E-state index contributed by atoms with van der Waals surface area (Å²) in [5, 5.41) is 56.6. The van der Waals surface area contributed by atoms with E-state index in [9.17, 15) is 77.6 Å². The van der Waals surface area contributed by atoms with Crippen LogP contribution in [0.1, 0.15) is 77.8 Å². The number of guanidine groups is 1. The average molecular weight is 1110 g/mol. The van der Waals surface area contributed by atoms with Gasteiger partial charge in [-0.1, -0.05) is 13.8 Å². The largest absolute Gasteiger partial charge is 0.481 e. The third-order valence-electron chi connectivity index (χ3n) is 11.7. The molecule has 0 unspecified atom stereocenters. The highest BCUT2D eigenvalue weighted by atomic mass is 16.4. The van der Waals surface area contributed by atoms with E-state index in [-0.39, 0.29) is 56.8 Å². The number of amides is 11. The second-order valence-electron chi connectivity index (χ2n) is 18.3. The summed E-state index contributed by atoms with van der Waals surface area (Å²) < 4.78 is 0. The second kappa shape index (κ2) is 32.1. The maximum absolute atomic E-state index is 13.9. The van der Waals surface area contributed by atoms with Gasteiger partial charge in [0, 0.05) is 37.8 Å². The summed E-state index contributed by atoms with van der Waals surface area (Å²) in [6.07, 6.45) is -0.300. The van der Waals surface area contributed by atoms with Gasteiger partial charge in [0.1, 0.15) is 60.4 Å². The number of aromatic nitrogens is 2. The van der Waals surface area contributed by atoms with Crippen molar-refractivity contribution in [1.82, 2.24) is 57.4 Å². The van der Waals surface area contributed by atoms with Gasteiger partial charge in [-0.2, -0.15) is 0 Å². The summed E-state index contributed by atoms with van der Waals surface area (Å²) in [5.74, 6) is -15.6. The standard InChI is InChI=1S/C44H71N17O17/c1-19(2)33(41(75)55-24(8-9-30(46)64)36(70)56-25(12-21-15-50-18-52-21)37(71)58-27(43(77)78)14-32(66)67)60-39(73)28(17-63)59-38(72)26(13-31(47)65)57-40(74)29-7-5-11-61(29)42(76)20(3)53-35(69)23(6-4-10-51-44(48)49)54-34(68)22(45)16-62/h15,18-20,22-29,33,62-63H,4-14,16-17,45H2,1-3H3,(H2,46,64)(H2,47,65)(H,50,52)(H,53,69)(H,54,68)(H,55,75)(H,56,70)(H,57,74)(H,58,71)(H,59,72)(H,60,73)(H,66,67)(H,77,78)(H4,48,49,51)/t20-,22-,23-,24-,25-,26-,27-,28-,29-,33-/m0/s1. The lowest BCUT2D eigenvalue weighted by molar-refractivity contribution is -0.147. The third kappa shape index (κ3) is 22.0. The first-order chi connectivity index (χ1) is 36.6. The van der Waals surface area contributed by atoms with Gasteiger partial charge in [-0.25, -0.2) is 9.78 Å². The van der Waals surface area contributed by atoms with Crippen molar-refractivity contribution < 1.29 is 82.8 Å². The van der Waals surface area contributed by atoms with E-state index >= 15 is 0 Å². The number of carboxylic acid groups (broad SMARTS) is 2. The molecule has 1 fully saturated rings. The van der Waals surface area contributed by atoms with E-state index in [0.29, 0.717) is 0 Å². The number of aliphatic carboxylic acids is 2. The molecule has 1 aliphatic heterocycles. The summed E-state index contributed by atoms with van der Waals surface area (Å²) in [4.78, 5) is 180. The number of aliphatic hydroxyl groups excluding tert-OH is 2. The first kappa shape index (κ1) is 65.6. The molecule has 0 saturated carbocycles. The van der Waals surface area contributed by atoms with Crippen molar-refractivity contribution in [3.63, 3.8) is 0 Å². The predicted octanol–water partition coefficient (Wildman–Crippen LogP) is -9.44.